The van der Waals surface area contributed by atoms with E-state index >= 15 is 0 Å². The summed E-state index contributed by atoms with van der Waals surface area (Å²) in [5.74, 6) is -0.203. The smallest absolute Gasteiger partial charge is 0.343 e. The maximum absolute atomic E-state index is 11.8. The fourth-order valence-corrected chi connectivity index (χ4v) is 2.00. The lowest BCUT2D eigenvalue weighted by molar-refractivity contribution is 0.0596. The molecule has 0 saturated heterocycles. The van der Waals surface area contributed by atoms with Crippen LogP contribution in [0.3, 0.4) is 0 Å². The number of pyridine rings is 2. The van der Waals surface area contributed by atoms with Crippen LogP contribution in [0.4, 0.5) is 0 Å². The highest BCUT2D eigenvalue weighted by Crippen LogP contribution is 2.28. The molecule has 0 spiro atoms. The largest absolute Gasteiger partial charge is 0.480 e. The molecule has 5 nitrogen and oxygen atoms in total. The summed E-state index contributed by atoms with van der Waals surface area (Å²) in [6.07, 6.45) is 1.73. The van der Waals surface area contributed by atoms with Crippen LogP contribution in [0, 0.1) is 13.8 Å². The number of aryl methyl sites for hydroxylation is 2. The summed E-state index contributed by atoms with van der Waals surface area (Å²) in [4.78, 5) is 20.3. The first kappa shape index (κ1) is 14.0. The Morgan fingerprint density at radius 3 is 2.55 bits per heavy atom. The first-order valence-electron chi connectivity index (χ1n) is 6.13. The summed E-state index contributed by atoms with van der Waals surface area (Å²) in [6.45, 7) is 3.78. The van der Waals surface area contributed by atoms with E-state index in [2.05, 4.69) is 9.97 Å². The molecule has 0 radical (unpaired) electrons. The van der Waals surface area contributed by atoms with Crippen molar-refractivity contribution in [2.24, 2.45) is 0 Å². The van der Waals surface area contributed by atoms with E-state index in [-0.39, 0.29) is 5.88 Å². The number of carbonyl (C=O) groups excluding carboxylic acids is 1. The van der Waals surface area contributed by atoms with Crippen LogP contribution in [-0.4, -0.2) is 30.2 Å². The van der Waals surface area contributed by atoms with Gasteiger partial charge in [-0.2, -0.15) is 0 Å². The Morgan fingerprint density at radius 1 is 1.20 bits per heavy atom. The van der Waals surface area contributed by atoms with Gasteiger partial charge in [-0.1, -0.05) is 0 Å². The van der Waals surface area contributed by atoms with Gasteiger partial charge in [0, 0.05) is 23.1 Å². The first-order chi connectivity index (χ1) is 9.56. The quantitative estimate of drug-likeness (QED) is 0.803. The molecule has 0 unspecified atom stereocenters. The monoisotopic (exact) mass is 272 g/mol. The number of aromatic nitrogens is 2. The summed E-state index contributed by atoms with van der Waals surface area (Å²) in [5, 5.41) is 0. The first-order valence-corrected chi connectivity index (χ1v) is 6.13. The molecule has 0 N–H and O–H groups in total. The van der Waals surface area contributed by atoms with E-state index in [1.165, 1.54) is 14.2 Å². The second kappa shape index (κ2) is 5.69. The van der Waals surface area contributed by atoms with Gasteiger partial charge < -0.3 is 9.47 Å². The normalized spacial score (nSPS) is 10.2. The number of esters is 1. The molecule has 20 heavy (non-hydrogen) atoms. The van der Waals surface area contributed by atoms with Gasteiger partial charge in [-0.3, -0.25) is 4.98 Å². The van der Waals surface area contributed by atoms with Crippen molar-refractivity contribution in [3.05, 3.63) is 41.3 Å². The second-order valence-electron chi connectivity index (χ2n) is 4.36. The topological polar surface area (TPSA) is 61.3 Å². The standard InChI is InChI=1S/C15H16N2O3/c1-9-7-11(5-6-16-9)12-8-13(15(18)20-4)14(19-3)17-10(12)2/h5-8H,1-4H3. The van der Waals surface area contributed by atoms with E-state index < -0.39 is 5.97 Å². The third kappa shape index (κ3) is 2.61. The molecular weight excluding hydrogens is 256 g/mol. The highest BCUT2D eigenvalue weighted by Gasteiger charge is 2.18. The minimum absolute atomic E-state index is 0.267. The van der Waals surface area contributed by atoms with Crippen molar-refractivity contribution in [1.29, 1.82) is 0 Å². The molecule has 104 valence electrons. The van der Waals surface area contributed by atoms with Gasteiger partial charge in [-0.15, -0.1) is 0 Å². The van der Waals surface area contributed by atoms with E-state index in [0.717, 1.165) is 22.5 Å². The van der Waals surface area contributed by atoms with Gasteiger partial charge in [0.2, 0.25) is 5.88 Å². The fraction of sp³-hybridized carbons (Fsp3) is 0.267. The molecule has 5 heteroatoms. The third-order valence-corrected chi connectivity index (χ3v) is 2.98. The van der Waals surface area contributed by atoms with Crippen LogP contribution in [0.25, 0.3) is 11.1 Å². The minimum Gasteiger partial charge on any atom is -0.480 e. The van der Waals surface area contributed by atoms with Gasteiger partial charge in [0.05, 0.1) is 14.2 Å². The molecular formula is C15H16N2O3. The molecule has 0 aliphatic carbocycles. The molecule has 0 bridgehead atoms. The zero-order valence-corrected chi connectivity index (χ0v) is 11.9. The Hall–Kier alpha value is -2.43. The van der Waals surface area contributed by atoms with E-state index in [9.17, 15) is 4.79 Å². The van der Waals surface area contributed by atoms with Crippen molar-refractivity contribution < 1.29 is 14.3 Å². The summed E-state index contributed by atoms with van der Waals surface area (Å²) in [6, 6.07) is 5.56. The summed E-state index contributed by atoms with van der Waals surface area (Å²) < 4.78 is 9.90. The van der Waals surface area contributed by atoms with Crippen LogP contribution in [0.5, 0.6) is 5.88 Å². The van der Waals surface area contributed by atoms with Gasteiger partial charge in [0.25, 0.3) is 0 Å². The zero-order valence-electron chi connectivity index (χ0n) is 11.9. The van der Waals surface area contributed by atoms with E-state index in [0.29, 0.717) is 5.56 Å². The lowest BCUT2D eigenvalue weighted by atomic mass is 10.0. The van der Waals surface area contributed by atoms with Crippen LogP contribution in [0.1, 0.15) is 21.7 Å². The molecule has 0 aromatic carbocycles. The van der Waals surface area contributed by atoms with Crippen molar-refractivity contribution in [2.75, 3.05) is 14.2 Å². The van der Waals surface area contributed by atoms with Crippen molar-refractivity contribution in [3.8, 4) is 17.0 Å². The Labute approximate surface area is 117 Å². The summed E-state index contributed by atoms with van der Waals surface area (Å²) >= 11 is 0. The van der Waals surface area contributed by atoms with Gasteiger partial charge in [-0.25, -0.2) is 9.78 Å². The highest BCUT2D eigenvalue weighted by atomic mass is 16.5. The van der Waals surface area contributed by atoms with E-state index in [4.69, 9.17) is 9.47 Å². The Balaban J connectivity index is 2.62. The van der Waals surface area contributed by atoms with Crippen LogP contribution < -0.4 is 4.74 Å². The van der Waals surface area contributed by atoms with E-state index in [1.807, 2.05) is 26.0 Å². The average molecular weight is 272 g/mol. The molecule has 0 amide bonds. The van der Waals surface area contributed by atoms with Crippen LogP contribution in [0.2, 0.25) is 0 Å². The lowest BCUT2D eigenvalue weighted by Crippen LogP contribution is -2.07. The van der Waals surface area contributed by atoms with Gasteiger partial charge in [0.1, 0.15) is 5.56 Å². The molecule has 2 aromatic rings. The number of hydrogen-bond acceptors (Lipinski definition) is 5. The summed E-state index contributed by atoms with van der Waals surface area (Å²) in [7, 11) is 2.81. The Bertz CT molecular complexity index is 654. The number of hydrogen-bond donors (Lipinski definition) is 0. The van der Waals surface area contributed by atoms with Crippen molar-refractivity contribution >= 4 is 5.97 Å². The van der Waals surface area contributed by atoms with Crippen LogP contribution >= 0.6 is 0 Å². The molecule has 2 heterocycles. The van der Waals surface area contributed by atoms with Crippen molar-refractivity contribution in [1.82, 2.24) is 9.97 Å². The SMILES string of the molecule is COC(=O)c1cc(-c2ccnc(C)c2)c(C)nc1OC. The number of carbonyl (C=O) groups is 1. The van der Waals surface area contributed by atoms with Gasteiger partial charge >= 0.3 is 5.97 Å². The molecule has 2 rings (SSSR count). The van der Waals surface area contributed by atoms with Crippen molar-refractivity contribution in [2.45, 2.75) is 13.8 Å². The second-order valence-corrected chi connectivity index (χ2v) is 4.36. The predicted octanol–water partition coefficient (Wildman–Crippen LogP) is 2.56. The third-order valence-electron chi connectivity index (χ3n) is 2.98. The average Bonchev–Trinajstić information content (AvgIpc) is 2.46. The lowest BCUT2D eigenvalue weighted by Gasteiger charge is -2.11. The Kier molecular flexibility index (Phi) is 3.98. The van der Waals surface area contributed by atoms with Crippen LogP contribution in [0.15, 0.2) is 24.4 Å². The maximum Gasteiger partial charge on any atom is 0.343 e. The van der Waals surface area contributed by atoms with Gasteiger partial charge in [0.15, 0.2) is 0 Å². The molecule has 0 atom stereocenters. The molecule has 0 aliphatic rings. The predicted molar refractivity (Wildman–Crippen MR) is 74.8 cm³/mol. The zero-order chi connectivity index (χ0) is 14.7. The highest BCUT2D eigenvalue weighted by molar-refractivity contribution is 5.93. The molecule has 0 fully saturated rings. The minimum atomic E-state index is -0.471. The van der Waals surface area contributed by atoms with Crippen molar-refractivity contribution in [3.63, 3.8) is 0 Å². The summed E-state index contributed by atoms with van der Waals surface area (Å²) in [5.41, 5.74) is 3.80. The van der Waals surface area contributed by atoms with Crippen LogP contribution in [-0.2, 0) is 4.74 Å². The molecule has 0 aliphatic heterocycles. The molecule has 0 saturated carbocycles. The number of nitrogens with zero attached hydrogens (tertiary/aromatic N) is 2. The number of rotatable bonds is 3. The van der Waals surface area contributed by atoms with E-state index in [1.54, 1.807) is 12.3 Å². The fourth-order valence-electron chi connectivity index (χ4n) is 2.00. The Morgan fingerprint density at radius 2 is 1.95 bits per heavy atom. The molecule has 2 aromatic heterocycles. The number of methoxy groups -OCH3 is 2. The van der Waals surface area contributed by atoms with Gasteiger partial charge in [-0.05, 0) is 37.6 Å². The maximum atomic E-state index is 11.8. The number of ether oxygens (including phenoxy) is 2.